The number of halogens is 1. The lowest BCUT2D eigenvalue weighted by Crippen LogP contribution is -2.38. The summed E-state index contributed by atoms with van der Waals surface area (Å²) >= 11 is 6.17. The van der Waals surface area contributed by atoms with Crippen molar-refractivity contribution < 1.29 is 14.0 Å². The van der Waals surface area contributed by atoms with Crippen molar-refractivity contribution in [2.75, 3.05) is 13.1 Å². The molecule has 4 rings (SSSR count). The van der Waals surface area contributed by atoms with E-state index in [-0.39, 0.29) is 17.7 Å². The molecule has 0 bridgehead atoms. The van der Waals surface area contributed by atoms with Crippen LogP contribution in [-0.4, -0.2) is 40.0 Å². The first-order valence-corrected chi connectivity index (χ1v) is 10.3. The topological polar surface area (TPSA) is 91.2 Å². The summed E-state index contributed by atoms with van der Waals surface area (Å²) < 4.78 is 5.21. The first-order chi connectivity index (χ1) is 14.6. The number of H-pyrrole nitrogens is 1. The van der Waals surface area contributed by atoms with Crippen LogP contribution in [0.3, 0.4) is 0 Å². The molecule has 0 radical (unpaired) electrons. The molecule has 3 heterocycles. The number of likely N-dealkylation sites (tertiary alicyclic amines) is 1. The number of furan rings is 1. The number of carbonyl (C=O) groups excluding carboxylic acids is 2. The predicted molar refractivity (Wildman–Crippen MR) is 112 cm³/mol. The normalized spacial score (nSPS) is 14.6. The Bertz CT molecular complexity index is 1010. The van der Waals surface area contributed by atoms with Crippen molar-refractivity contribution >= 4 is 23.4 Å². The summed E-state index contributed by atoms with van der Waals surface area (Å²) in [7, 11) is 0. The Morgan fingerprint density at radius 2 is 2.00 bits per heavy atom. The second-order valence-corrected chi connectivity index (χ2v) is 7.80. The molecular weight excluding hydrogens is 404 g/mol. The first-order valence-electron chi connectivity index (χ1n) is 9.97. The highest BCUT2D eigenvalue weighted by Crippen LogP contribution is 2.28. The van der Waals surface area contributed by atoms with Crippen LogP contribution in [0.2, 0.25) is 5.02 Å². The molecule has 1 fully saturated rings. The van der Waals surface area contributed by atoms with Crippen LogP contribution in [0.5, 0.6) is 0 Å². The van der Waals surface area contributed by atoms with E-state index in [1.54, 1.807) is 30.5 Å². The lowest BCUT2D eigenvalue weighted by atomic mass is 9.93. The standard InChI is InChI=1S/C22H23ClN4O3/c23-18-6-2-1-4-16(18)12-21(28)27-9-7-15(8-10-27)19-13-20(26-25-19)22(29)24-14-17-5-3-11-30-17/h1-6,11,13,15H,7-10,12,14H2,(H,24,29)(H,25,26). The van der Waals surface area contributed by atoms with Crippen LogP contribution in [-0.2, 0) is 17.8 Å². The van der Waals surface area contributed by atoms with Gasteiger partial charge in [0.15, 0.2) is 0 Å². The van der Waals surface area contributed by atoms with E-state index in [1.807, 2.05) is 23.1 Å². The fraction of sp³-hybridized carbons (Fsp3) is 0.318. The van der Waals surface area contributed by atoms with Gasteiger partial charge in [0.05, 0.1) is 19.2 Å². The van der Waals surface area contributed by atoms with Crippen LogP contribution in [0.1, 0.15) is 46.3 Å². The molecule has 156 valence electrons. The fourth-order valence-electron chi connectivity index (χ4n) is 3.69. The third-order valence-electron chi connectivity index (χ3n) is 5.42. The summed E-state index contributed by atoms with van der Waals surface area (Å²) in [5, 5.41) is 10.5. The van der Waals surface area contributed by atoms with Crippen LogP contribution in [0.25, 0.3) is 0 Å². The van der Waals surface area contributed by atoms with Crippen molar-refractivity contribution in [3.8, 4) is 0 Å². The third kappa shape index (κ3) is 4.74. The summed E-state index contributed by atoms with van der Waals surface area (Å²) in [6.45, 7) is 1.67. The highest BCUT2D eigenvalue weighted by atomic mass is 35.5. The van der Waals surface area contributed by atoms with Crippen LogP contribution in [0, 0.1) is 0 Å². The molecule has 3 aromatic rings. The monoisotopic (exact) mass is 426 g/mol. The zero-order chi connectivity index (χ0) is 20.9. The molecule has 8 heteroatoms. The number of benzene rings is 1. The van der Waals surface area contributed by atoms with Crippen molar-refractivity contribution in [3.63, 3.8) is 0 Å². The van der Waals surface area contributed by atoms with E-state index in [0.29, 0.717) is 42.5 Å². The molecular formula is C22H23ClN4O3. The zero-order valence-electron chi connectivity index (χ0n) is 16.4. The van der Waals surface area contributed by atoms with Crippen molar-refractivity contribution in [1.29, 1.82) is 0 Å². The Labute approximate surface area is 179 Å². The molecule has 7 nitrogen and oxygen atoms in total. The predicted octanol–water partition coefficient (Wildman–Crippen LogP) is 3.53. The average Bonchev–Trinajstić information content (AvgIpc) is 3.46. The number of aromatic nitrogens is 2. The number of hydrogen-bond acceptors (Lipinski definition) is 4. The van der Waals surface area contributed by atoms with E-state index in [1.165, 1.54) is 0 Å². The molecule has 1 aliphatic heterocycles. The van der Waals surface area contributed by atoms with Gasteiger partial charge in [-0.2, -0.15) is 5.10 Å². The van der Waals surface area contributed by atoms with Gasteiger partial charge < -0.3 is 14.6 Å². The van der Waals surface area contributed by atoms with E-state index in [4.69, 9.17) is 16.0 Å². The highest BCUT2D eigenvalue weighted by Gasteiger charge is 2.26. The molecule has 2 aromatic heterocycles. The largest absolute Gasteiger partial charge is 0.467 e. The maximum absolute atomic E-state index is 12.6. The summed E-state index contributed by atoms with van der Waals surface area (Å²) in [6.07, 6.45) is 3.53. The van der Waals surface area contributed by atoms with Crippen LogP contribution >= 0.6 is 11.6 Å². The second kappa shape index (κ2) is 9.17. The maximum atomic E-state index is 12.6. The van der Waals surface area contributed by atoms with Crippen molar-refractivity contribution in [1.82, 2.24) is 20.4 Å². The summed E-state index contributed by atoms with van der Waals surface area (Å²) in [4.78, 5) is 26.8. The van der Waals surface area contributed by atoms with Crippen LogP contribution in [0.4, 0.5) is 0 Å². The van der Waals surface area contributed by atoms with Gasteiger partial charge in [-0.05, 0) is 42.7 Å². The molecule has 0 unspecified atom stereocenters. The fourth-order valence-corrected chi connectivity index (χ4v) is 3.89. The molecule has 1 saturated heterocycles. The van der Waals surface area contributed by atoms with Crippen LogP contribution < -0.4 is 5.32 Å². The Kier molecular flexibility index (Phi) is 6.18. The van der Waals surface area contributed by atoms with Gasteiger partial charge in [0.2, 0.25) is 5.91 Å². The van der Waals surface area contributed by atoms with Gasteiger partial charge in [-0.3, -0.25) is 14.7 Å². The number of hydrogen-bond donors (Lipinski definition) is 2. The van der Waals surface area contributed by atoms with Crippen LogP contribution in [0.15, 0.2) is 53.1 Å². The smallest absolute Gasteiger partial charge is 0.272 e. The van der Waals surface area contributed by atoms with E-state index in [9.17, 15) is 9.59 Å². The van der Waals surface area contributed by atoms with Crippen molar-refractivity contribution in [2.24, 2.45) is 0 Å². The summed E-state index contributed by atoms with van der Waals surface area (Å²) in [5.74, 6) is 0.770. The maximum Gasteiger partial charge on any atom is 0.272 e. The molecule has 2 amide bonds. The highest BCUT2D eigenvalue weighted by molar-refractivity contribution is 6.31. The SMILES string of the molecule is O=C(NCc1ccco1)c1cc(C2CCN(C(=O)Cc3ccccc3Cl)CC2)[nH]n1. The number of rotatable bonds is 6. The van der Waals surface area contributed by atoms with E-state index in [2.05, 4.69) is 15.5 Å². The lowest BCUT2D eigenvalue weighted by Gasteiger charge is -2.31. The molecule has 1 aliphatic rings. The minimum atomic E-state index is -0.249. The third-order valence-corrected chi connectivity index (χ3v) is 5.79. The minimum Gasteiger partial charge on any atom is -0.467 e. The Morgan fingerprint density at radius 1 is 1.20 bits per heavy atom. The minimum absolute atomic E-state index is 0.0872. The van der Waals surface area contributed by atoms with Crippen molar-refractivity contribution in [2.45, 2.75) is 31.7 Å². The number of carbonyl (C=O) groups is 2. The van der Waals surface area contributed by atoms with Gasteiger partial charge in [-0.25, -0.2) is 0 Å². The van der Waals surface area contributed by atoms with E-state index >= 15 is 0 Å². The molecule has 0 saturated carbocycles. The molecule has 0 atom stereocenters. The van der Waals surface area contributed by atoms with Gasteiger partial charge in [0, 0.05) is 29.7 Å². The summed E-state index contributed by atoms with van der Waals surface area (Å²) in [5.41, 5.74) is 2.13. The summed E-state index contributed by atoms with van der Waals surface area (Å²) in [6, 6.07) is 12.8. The van der Waals surface area contributed by atoms with Crippen molar-refractivity contribution in [3.05, 3.63) is 76.5 Å². The van der Waals surface area contributed by atoms with Gasteiger partial charge in [0.1, 0.15) is 11.5 Å². The quantitative estimate of drug-likeness (QED) is 0.630. The zero-order valence-corrected chi connectivity index (χ0v) is 17.2. The Morgan fingerprint density at radius 3 is 2.73 bits per heavy atom. The molecule has 0 aliphatic carbocycles. The second-order valence-electron chi connectivity index (χ2n) is 7.39. The molecule has 0 spiro atoms. The number of piperidine rings is 1. The van der Waals surface area contributed by atoms with E-state index < -0.39 is 0 Å². The molecule has 1 aromatic carbocycles. The average molecular weight is 427 g/mol. The van der Waals surface area contributed by atoms with Gasteiger partial charge in [0.25, 0.3) is 5.91 Å². The molecule has 2 N–H and O–H groups in total. The number of amides is 2. The van der Waals surface area contributed by atoms with Gasteiger partial charge >= 0.3 is 0 Å². The van der Waals surface area contributed by atoms with E-state index in [0.717, 1.165) is 24.1 Å². The number of nitrogens with zero attached hydrogens (tertiary/aromatic N) is 2. The van der Waals surface area contributed by atoms with Gasteiger partial charge in [-0.15, -0.1) is 0 Å². The lowest BCUT2D eigenvalue weighted by molar-refractivity contribution is -0.131. The number of nitrogens with one attached hydrogen (secondary N) is 2. The van der Waals surface area contributed by atoms with Gasteiger partial charge in [-0.1, -0.05) is 29.8 Å². The Balaban J connectivity index is 1.28. The molecule has 30 heavy (non-hydrogen) atoms. The first kappa shape index (κ1) is 20.2. The number of aromatic amines is 1. The Hall–Kier alpha value is -3.06.